The monoisotopic (exact) mass is 433 g/mol. The molecule has 0 unspecified atom stereocenters. The van der Waals surface area contributed by atoms with Crippen LogP contribution in [-0.4, -0.2) is 15.6 Å². The molecule has 0 fully saturated rings. The second kappa shape index (κ2) is 9.27. The number of carbonyl (C=O) groups is 1. The molecule has 4 nitrogen and oxygen atoms in total. The maximum Gasteiger partial charge on any atom is 0.303 e. The zero-order valence-corrected chi connectivity index (χ0v) is 18.1. The van der Waals surface area contributed by atoms with Crippen LogP contribution in [0.5, 0.6) is 5.75 Å². The van der Waals surface area contributed by atoms with Crippen LogP contribution in [0.15, 0.2) is 72.9 Å². The molecule has 158 valence electrons. The highest BCUT2D eigenvalue weighted by atomic mass is 35.5. The van der Waals surface area contributed by atoms with Gasteiger partial charge in [0.25, 0.3) is 0 Å². The van der Waals surface area contributed by atoms with Crippen molar-refractivity contribution >= 4 is 28.5 Å². The summed E-state index contributed by atoms with van der Waals surface area (Å²) in [6, 6.07) is 22.0. The van der Waals surface area contributed by atoms with E-state index < -0.39 is 5.97 Å². The Bertz CT molecular complexity index is 1230. The van der Waals surface area contributed by atoms with Gasteiger partial charge in [0.05, 0.1) is 0 Å². The molecule has 0 aliphatic rings. The average molecular weight is 434 g/mol. The number of ether oxygens (including phenoxy) is 1. The predicted molar refractivity (Wildman–Crippen MR) is 125 cm³/mol. The van der Waals surface area contributed by atoms with Crippen molar-refractivity contribution in [1.29, 1.82) is 0 Å². The lowest BCUT2D eigenvalue weighted by Crippen LogP contribution is -2.00. The number of fused-ring (bicyclic) bond motifs is 1. The van der Waals surface area contributed by atoms with Crippen molar-refractivity contribution in [3.05, 3.63) is 89.1 Å². The van der Waals surface area contributed by atoms with E-state index in [4.69, 9.17) is 21.4 Å². The topological polar surface area (TPSA) is 51.5 Å². The number of nitrogens with zero attached hydrogens (tertiary/aromatic N) is 1. The standard InChI is InChI=1S/C26H24ClNO3/c1-2-28-14-13-20-16-19(9-10-24(20)28)22-15-18(8-12-26(29)30)7-11-25(22)31-17-21-5-3-4-6-23(21)27/h3-7,9-11,13-16H,2,8,12,17H2,1H3,(H,29,30). The van der Waals surface area contributed by atoms with Gasteiger partial charge in [0.2, 0.25) is 0 Å². The summed E-state index contributed by atoms with van der Waals surface area (Å²) in [6.07, 6.45) is 2.66. The molecular weight excluding hydrogens is 410 g/mol. The maximum absolute atomic E-state index is 11.0. The van der Waals surface area contributed by atoms with Crippen LogP contribution in [-0.2, 0) is 24.4 Å². The van der Waals surface area contributed by atoms with Crippen LogP contribution < -0.4 is 4.74 Å². The van der Waals surface area contributed by atoms with Crippen molar-refractivity contribution in [2.24, 2.45) is 0 Å². The lowest BCUT2D eigenvalue weighted by molar-refractivity contribution is -0.136. The molecule has 1 heterocycles. The third-order valence-electron chi connectivity index (χ3n) is 5.44. The third-order valence-corrected chi connectivity index (χ3v) is 5.80. The molecular formula is C26H24ClNO3. The van der Waals surface area contributed by atoms with E-state index in [1.165, 1.54) is 5.52 Å². The first-order valence-corrected chi connectivity index (χ1v) is 10.7. The van der Waals surface area contributed by atoms with E-state index in [1.54, 1.807) is 0 Å². The fourth-order valence-electron chi connectivity index (χ4n) is 3.75. The van der Waals surface area contributed by atoms with Crippen molar-refractivity contribution in [2.45, 2.75) is 32.9 Å². The molecule has 0 radical (unpaired) electrons. The van der Waals surface area contributed by atoms with Gasteiger partial charge >= 0.3 is 5.97 Å². The summed E-state index contributed by atoms with van der Waals surface area (Å²) in [5.74, 6) is -0.0591. The second-order valence-corrected chi connectivity index (χ2v) is 7.89. The lowest BCUT2D eigenvalue weighted by Gasteiger charge is -2.15. The zero-order valence-electron chi connectivity index (χ0n) is 17.3. The SMILES string of the molecule is CCn1ccc2cc(-c3cc(CCC(=O)O)ccc3OCc3ccccc3Cl)ccc21. The number of carboxylic acid groups (broad SMARTS) is 1. The fraction of sp³-hybridized carbons (Fsp3) is 0.192. The largest absolute Gasteiger partial charge is 0.488 e. The van der Waals surface area contributed by atoms with Gasteiger partial charge in [-0.2, -0.15) is 0 Å². The summed E-state index contributed by atoms with van der Waals surface area (Å²) in [6.45, 7) is 3.40. The molecule has 0 amide bonds. The minimum absolute atomic E-state index is 0.0949. The molecule has 31 heavy (non-hydrogen) atoms. The molecule has 0 spiro atoms. The first-order valence-electron chi connectivity index (χ1n) is 10.4. The van der Waals surface area contributed by atoms with E-state index in [0.717, 1.165) is 39.9 Å². The van der Waals surface area contributed by atoms with E-state index in [0.29, 0.717) is 18.1 Å². The van der Waals surface area contributed by atoms with Crippen molar-refractivity contribution in [2.75, 3.05) is 0 Å². The highest BCUT2D eigenvalue weighted by molar-refractivity contribution is 6.31. The summed E-state index contributed by atoms with van der Waals surface area (Å²) in [5, 5.41) is 10.9. The number of hydrogen-bond acceptors (Lipinski definition) is 2. The van der Waals surface area contributed by atoms with Crippen molar-refractivity contribution in [3.8, 4) is 16.9 Å². The van der Waals surface area contributed by atoms with Gasteiger partial charge in [-0.25, -0.2) is 0 Å². The Balaban J connectivity index is 1.70. The number of carboxylic acids is 1. The number of benzene rings is 3. The van der Waals surface area contributed by atoms with Crippen molar-refractivity contribution < 1.29 is 14.6 Å². The van der Waals surface area contributed by atoms with Crippen molar-refractivity contribution in [3.63, 3.8) is 0 Å². The van der Waals surface area contributed by atoms with Crippen LogP contribution in [0.1, 0.15) is 24.5 Å². The molecule has 1 aromatic heterocycles. The molecule has 0 saturated carbocycles. The van der Waals surface area contributed by atoms with Crippen molar-refractivity contribution in [1.82, 2.24) is 4.57 Å². The molecule has 0 aliphatic heterocycles. The lowest BCUT2D eigenvalue weighted by atomic mass is 9.98. The van der Waals surface area contributed by atoms with Crippen LogP contribution in [0, 0.1) is 0 Å². The van der Waals surface area contributed by atoms with Gasteiger partial charge in [-0.15, -0.1) is 0 Å². The third kappa shape index (κ3) is 4.75. The normalized spacial score (nSPS) is 11.0. The summed E-state index contributed by atoms with van der Waals surface area (Å²) >= 11 is 6.29. The molecule has 0 atom stereocenters. The number of aliphatic carboxylic acids is 1. The Morgan fingerprint density at radius 2 is 1.90 bits per heavy atom. The zero-order chi connectivity index (χ0) is 21.8. The van der Waals surface area contributed by atoms with Gasteiger partial charge in [0.15, 0.2) is 0 Å². The molecule has 4 rings (SSSR count). The van der Waals surface area contributed by atoms with E-state index >= 15 is 0 Å². The average Bonchev–Trinajstić information content (AvgIpc) is 3.19. The highest BCUT2D eigenvalue weighted by Crippen LogP contribution is 2.34. The van der Waals surface area contributed by atoms with Gasteiger partial charge in [-0.1, -0.05) is 41.9 Å². The Kier molecular flexibility index (Phi) is 6.28. The quantitative estimate of drug-likeness (QED) is 0.341. The first kappa shape index (κ1) is 21.0. The minimum atomic E-state index is -0.803. The Morgan fingerprint density at radius 1 is 1.06 bits per heavy atom. The van der Waals surface area contributed by atoms with E-state index in [9.17, 15) is 4.79 Å². The van der Waals surface area contributed by atoms with E-state index in [2.05, 4.69) is 42.0 Å². The summed E-state index contributed by atoms with van der Waals surface area (Å²) < 4.78 is 8.38. The Hall–Kier alpha value is -3.24. The van der Waals surface area contributed by atoms with Gasteiger partial charge in [-0.05, 0) is 60.9 Å². The van der Waals surface area contributed by atoms with E-state index in [-0.39, 0.29) is 6.42 Å². The number of rotatable bonds is 8. The minimum Gasteiger partial charge on any atom is -0.488 e. The van der Waals surface area contributed by atoms with E-state index in [1.807, 2.05) is 42.5 Å². The summed E-state index contributed by atoms with van der Waals surface area (Å²) in [4.78, 5) is 11.0. The number of aromatic nitrogens is 1. The van der Waals surface area contributed by atoms with Gasteiger partial charge in [0.1, 0.15) is 12.4 Å². The summed E-state index contributed by atoms with van der Waals surface area (Å²) in [5.41, 5.74) is 5.05. The highest BCUT2D eigenvalue weighted by Gasteiger charge is 2.12. The van der Waals surface area contributed by atoms with Gasteiger partial charge in [0, 0.05) is 46.2 Å². The molecule has 0 aliphatic carbocycles. The van der Waals surface area contributed by atoms with Gasteiger partial charge < -0.3 is 14.4 Å². The Labute approximate surface area is 186 Å². The van der Waals surface area contributed by atoms with Crippen LogP contribution in [0.4, 0.5) is 0 Å². The van der Waals surface area contributed by atoms with Crippen LogP contribution in [0.3, 0.4) is 0 Å². The number of halogens is 1. The Morgan fingerprint density at radius 3 is 2.68 bits per heavy atom. The predicted octanol–water partition coefficient (Wildman–Crippen LogP) is 6.58. The smallest absolute Gasteiger partial charge is 0.303 e. The molecule has 0 bridgehead atoms. The molecule has 0 saturated heterocycles. The van der Waals surface area contributed by atoms with Crippen LogP contribution in [0.2, 0.25) is 5.02 Å². The van der Waals surface area contributed by atoms with Crippen LogP contribution >= 0.6 is 11.6 Å². The molecule has 3 aromatic carbocycles. The molecule has 4 aromatic rings. The van der Waals surface area contributed by atoms with Crippen LogP contribution in [0.25, 0.3) is 22.0 Å². The second-order valence-electron chi connectivity index (χ2n) is 7.48. The number of hydrogen-bond donors (Lipinski definition) is 1. The fourth-order valence-corrected chi connectivity index (χ4v) is 3.94. The number of aryl methyl sites for hydroxylation is 2. The molecule has 1 N–H and O–H groups in total. The maximum atomic E-state index is 11.0. The van der Waals surface area contributed by atoms with Gasteiger partial charge in [-0.3, -0.25) is 4.79 Å². The molecule has 5 heteroatoms. The first-order chi connectivity index (χ1) is 15.0. The summed E-state index contributed by atoms with van der Waals surface area (Å²) in [7, 11) is 0.